The highest BCUT2D eigenvalue weighted by atomic mass is 16.2. The lowest BCUT2D eigenvalue weighted by atomic mass is 10.1. The summed E-state index contributed by atoms with van der Waals surface area (Å²) in [5.41, 5.74) is 1.18. The van der Waals surface area contributed by atoms with Gasteiger partial charge < -0.3 is 0 Å². The summed E-state index contributed by atoms with van der Waals surface area (Å²) >= 11 is 0. The van der Waals surface area contributed by atoms with Crippen molar-refractivity contribution in [3.05, 3.63) is 35.5 Å². The lowest BCUT2D eigenvalue weighted by Crippen LogP contribution is -1.96. The molecule has 2 aliphatic carbocycles. The van der Waals surface area contributed by atoms with Crippen molar-refractivity contribution >= 4 is 11.6 Å². The number of allylic oxidation sites excluding steroid dienone is 6. The lowest BCUT2D eigenvalue weighted by Gasteiger charge is -1.89. The summed E-state index contributed by atoms with van der Waals surface area (Å²) in [6, 6.07) is 0. The Morgan fingerprint density at radius 2 is 1.42 bits per heavy atom. The summed E-state index contributed by atoms with van der Waals surface area (Å²) in [5, 5.41) is 0. The van der Waals surface area contributed by atoms with Crippen LogP contribution in [0, 0.1) is 0 Å². The van der Waals surface area contributed by atoms with E-state index in [4.69, 9.17) is 0 Å². The Hall–Kier alpha value is -1.44. The molecule has 0 N–H and O–H groups in total. The predicted molar refractivity (Wildman–Crippen MR) is 44.6 cm³/mol. The van der Waals surface area contributed by atoms with Gasteiger partial charge in [-0.2, -0.15) is 0 Å². The van der Waals surface area contributed by atoms with Gasteiger partial charge >= 0.3 is 0 Å². The molecule has 0 aromatic carbocycles. The Bertz CT molecular complexity index is 311. The third-order valence-corrected chi connectivity index (χ3v) is 2.05. The maximum absolute atomic E-state index is 11.2. The average molecular weight is 160 g/mol. The first-order valence-electron chi connectivity index (χ1n) is 3.93. The molecule has 0 amide bonds. The molecule has 0 spiro atoms. The summed E-state index contributed by atoms with van der Waals surface area (Å²) in [6.45, 7) is 0. The highest BCUT2D eigenvalue weighted by Crippen LogP contribution is 2.23. The maximum Gasteiger partial charge on any atom is 0.171 e. The topological polar surface area (TPSA) is 34.1 Å². The van der Waals surface area contributed by atoms with Crippen molar-refractivity contribution in [3.63, 3.8) is 0 Å². The van der Waals surface area contributed by atoms with E-state index in [9.17, 15) is 9.59 Å². The van der Waals surface area contributed by atoms with Crippen molar-refractivity contribution in [2.75, 3.05) is 0 Å². The van der Waals surface area contributed by atoms with Gasteiger partial charge in [-0.25, -0.2) is 0 Å². The zero-order valence-corrected chi connectivity index (χ0v) is 6.54. The van der Waals surface area contributed by atoms with E-state index in [1.54, 1.807) is 12.2 Å². The molecular weight excluding hydrogens is 152 g/mol. The maximum atomic E-state index is 11.2. The van der Waals surface area contributed by atoms with Gasteiger partial charge in [0.15, 0.2) is 11.6 Å². The molecule has 60 valence electrons. The molecule has 0 bridgehead atoms. The molecule has 12 heavy (non-hydrogen) atoms. The highest BCUT2D eigenvalue weighted by Gasteiger charge is 2.27. The van der Waals surface area contributed by atoms with E-state index in [1.165, 1.54) is 0 Å². The van der Waals surface area contributed by atoms with E-state index in [-0.39, 0.29) is 18.0 Å². The van der Waals surface area contributed by atoms with Crippen LogP contribution in [-0.2, 0) is 9.59 Å². The quantitative estimate of drug-likeness (QED) is 0.501. The van der Waals surface area contributed by atoms with Crippen molar-refractivity contribution in [1.29, 1.82) is 0 Å². The van der Waals surface area contributed by atoms with Crippen LogP contribution in [0.25, 0.3) is 0 Å². The largest absolute Gasteiger partial charge is 0.294 e. The van der Waals surface area contributed by atoms with Crippen molar-refractivity contribution in [3.8, 4) is 0 Å². The fourth-order valence-corrected chi connectivity index (χ4v) is 1.45. The average Bonchev–Trinajstić information content (AvgIpc) is 2.29. The van der Waals surface area contributed by atoms with E-state index in [2.05, 4.69) is 0 Å². The van der Waals surface area contributed by atoms with Crippen molar-refractivity contribution < 1.29 is 9.59 Å². The van der Waals surface area contributed by atoms with Crippen LogP contribution in [0.5, 0.6) is 0 Å². The molecule has 2 heteroatoms. The third-order valence-electron chi connectivity index (χ3n) is 2.05. The number of hydrogen-bond acceptors (Lipinski definition) is 2. The van der Waals surface area contributed by atoms with Crippen LogP contribution in [0.2, 0.25) is 0 Å². The fraction of sp³-hybridized carbons (Fsp3) is 0.200. The molecule has 0 heterocycles. The number of hydrogen-bond donors (Lipinski definition) is 0. The van der Waals surface area contributed by atoms with Gasteiger partial charge in [-0.3, -0.25) is 9.59 Å². The van der Waals surface area contributed by atoms with Gasteiger partial charge in [-0.05, 0) is 6.42 Å². The molecule has 0 fully saturated rings. The molecule has 0 saturated heterocycles. The highest BCUT2D eigenvalue weighted by molar-refractivity contribution is 6.24. The molecule has 0 aliphatic heterocycles. The molecule has 0 atom stereocenters. The Kier molecular flexibility index (Phi) is 1.54. The minimum atomic E-state index is -0.0437. The summed E-state index contributed by atoms with van der Waals surface area (Å²) < 4.78 is 0. The molecule has 2 nitrogen and oxygen atoms in total. The zero-order chi connectivity index (χ0) is 8.55. The van der Waals surface area contributed by atoms with Crippen molar-refractivity contribution in [1.82, 2.24) is 0 Å². The van der Waals surface area contributed by atoms with Crippen LogP contribution in [0.3, 0.4) is 0 Å². The van der Waals surface area contributed by atoms with Crippen LogP contribution < -0.4 is 0 Å². The first-order valence-corrected chi connectivity index (χ1v) is 3.93. The van der Waals surface area contributed by atoms with Crippen molar-refractivity contribution in [2.24, 2.45) is 0 Å². The Labute approximate surface area is 70.3 Å². The van der Waals surface area contributed by atoms with Gasteiger partial charge in [-0.15, -0.1) is 0 Å². The Morgan fingerprint density at radius 3 is 1.92 bits per heavy atom. The van der Waals surface area contributed by atoms with E-state index in [0.29, 0.717) is 11.1 Å². The molecule has 2 aliphatic rings. The molecule has 0 saturated carbocycles. The van der Waals surface area contributed by atoms with Crippen LogP contribution in [0.1, 0.15) is 12.8 Å². The number of carbonyl (C=O) groups excluding carboxylic acids is 2. The number of rotatable bonds is 0. The fourth-order valence-electron chi connectivity index (χ4n) is 1.45. The van der Waals surface area contributed by atoms with Crippen LogP contribution in [-0.4, -0.2) is 11.6 Å². The molecule has 0 aromatic heterocycles. The van der Waals surface area contributed by atoms with E-state index in [0.717, 1.165) is 6.42 Å². The van der Waals surface area contributed by atoms with Crippen LogP contribution >= 0.6 is 0 Å². The van der Waals surface area contributed by atoms with Gasteiger partial charge in [0.25, 0.3) is 0 Å². The van der Waals surface area contributed by atoms with Gasteiger partial charge in [0, 0.05) is 11.1 Å². The minimum Gasteiger partial charge on any atom is -0.294 e. The molecule has 0 unspecified atom stereocenters. The first kappa shape index (κ1) is 7.22. The smallest absolute Gasteiger partial charge is 0.171 e. The standard InChI is InChI=1S/C10H8O2/c11-9-6-10(12)8-5-3-1-2-4-7(8)9/h2-5H,1,6H2. The summed E-state index contributed by atoms with van der Waals surface area (Å²) in [6.07, 6.45) is 8.16. The van der Waals surface area contributed by atoms with Crippen LogP contribution in [0.15, 0.2) is 35.5 Å². The van der Waals surface area contributed by atoms with E-state index in [1.807, 2.05) is 12.2 Å². The van der Waals surface area contributed by atoms with Gasteiger partial charge in [0.2, 0.25) is 0 Å². The normalized spacial score (nSPS) is 21.7. The molecule has 0 aromatic rings. The second-order valence-corrected chi connectivity index (χ2v) is 2.89. The van der Waals surface area contributed by atoms with Crippen LogP contribution in [0.4, 0.5) is 0 Å². The van der Waals surface area contributed by atoms with Gasteiger partial charge in [-0.1, -0.05) is 24.3 Å². The number of Topliss-reactive ketones (excluding diaryl/α,β-unsaturated/α-hetero) is 2. The monoisotopic (exact) mass is 160 g/mol. The second kappa shape index (κ2) is 2.55. The summed E-state index contributed by atoms with van der Waals surface area (Å²) in [5.74, 6) is -0.0874. The SMILES string of the molecule is O=C1CC(=O)C2=C1C=CCC=C2. The number of ketones is 2. The molecule has 2 rings (SSSR count). The Morgan fingerprint density at radius 1 is 0.917 bits per heavy atom. The minimum absolute atomic E-state index is 0.0437. The predicted octanol–water partition coefficient (Wildman–Crippen LogP) is 1.34. The zero-order valence-electron chi connectivity index (χ0n) is 6.54. The third kappa shape index (κ3) is 0.961. The van der Waals surface area contributed by atoms with Gasteiger partial charge in [0.05, 0.1) is 6.42 Å². The Balaban J connectivity index is 2.55. The summed E-state index contributed by atoms with van der Waals surface area (Å²) in [4.78, 5) is 22.4. The summed E-state index contributed by atoms with van der Waals surface area (Å²) in [7, 11) is 0. The van der Waals surface area contributed by atoms with E-state index < -0.39 is 0 Å². The molecule has 0 radical (unpaired) electrons. The lowest BCUT2D eigenvalue weighted by molar-refractivity contribution is -0.120. The first-order chi connectivity index (χ1) is 5.79. The second-order valence-electron chi connectivity index (χ2n) is 2.89. The molecular formula is C10H8O2. The van der Waals surface area contributed by atoms with E-state index >= 15 is 0 Å². The van der Waals surface area contributed by atoms with Crippen molar-refractivity contribution in [2.45, 2.75) is 12.8 Å². The number of carbonyl (C=O) groups is 2. The van der Waals surface area contributed by atoms with Gasteiger partial charge in [0.1, 0.15) is 0 Å².